The van der Waals surface area contributed by atoms with Crippen LogP contribution in [-0.2, 0) is 20.4 Å². The first-order chi connectivity index (χ1) is 14.4. The fourth-order valence-corrected chi connectivity index (χ4v) is 7.18. The van der Waals surface area contributed by atoms with Crippen LogP contribution in [0.1, 0.15) is 6.42 Å². The van der Waals surface area contributed by atoms with Crippen LogP contribution in [0.2, 0.25) is 0 Å². The zero-order chi connectivity index (χ0) is 20.0. The van der Waals surface area contributed by atoms with Gasteiger partial charge in [-0.2, -0.15) is 36.4 Å². The molecule has 172 valence electrons. The van der Waals surface area contributed by atoms with Crippen LogP contribution in [0.5, 0.6) is 0 Å². The fraction of sp³-hybridized carbons (Fsp3) is 0.103. The van der Waals surface area contributed by atoms with Gasteiger partial charge in [0, 0.05) is 20.4 Å². The molecule has 0 fully saturated rings. The third-order valence-corrected chi connectivity index (χ3v) is 8.82. The van der Waals surface area contributed by atoms with E-state index in [1.54, 1.807) is 0 Å². The summed E-state index contributed by atoms with van der Waals surface area (Å²) >= 11 is 0. The van der Waals surface area contributed by atoms with Crippen molar-refractivity contribution in [3.05, 3.63) is 142 Å². The first-order valence-corrected chi connectivity index (χ1v) is 13.0. The van der Waals surface area contributed by atoms with Crippen molar-refractivity contribution in [2.75, 3.05) is 12.3 Å². The van der Waals surface area contributed by atoms with Gasteiger partial charge in [0.15, 0.2) is 0 Å². The van der Waals surface area contributed by atoms with Gasteiger partial charge in [0.2, 0.25) is 0 Å². The zero-order valence-electron chi connectivity index (χ0n) is 19.0. The molecule has 32 heavy (non-hydrogen) atoms. The van der Waals surface area contributed by atoms with Gasteiger partial charge in [-0.15, -0.1) is 0 Å². The van der Waals surface area contributed by atoms with Crippen LogP contribution in [0.15, 0.2) is 121 Å². The fourth-order valence-electron chi connectivity index (χ4n) is 3.13. The Labute approximate surface area is 213 Å². The van der Waals surface area contributed by atoms with Crippen LogP contribution < -0.4 is 15.9 Å². The number of hydrogen-bond donors (Lipinski definition) is 0. The molecule has 4 rings (SSSR count). The second-order valence-electron chi connectivity index (χ2n) is 6.68. The molecular weight excluding hydrogens is 517 g/mol. The van der Waals surface area contributed by atoms with Crippen molar-refractivity contribution in [3.8, 4) is 0 Å². The number of hydrogen-bond acceptors (Lipinski definition) is 0. The molecule has 1 atom stereocenters. The largest absolute Gasteiger partial charge is 0.358 e. The summed E-state index contributed by atoms with van der Waals surface area (Å²) in [6.07, 6.45) is 3.93. The van der Waals surface area contributed by atoms with E-state index in [9.17, 15) is 0 Å². The number of benzene rings is 4. The van der Waals surface area contributed by atoms with Gasteiger partial charge in [-0.05, 0) is 42.2 Å². The van der Waals surface area contributed by atoms with Gasteiger partial charge in [-0.25, -0.2) is 0 Å². The minimum Gasteiger partial charge on any atom is -0.358 e. The molecule has 0 aliphatic rings. The average Bonchev–Trinajstić information content (AvgIpc) is 2.82. The topological polar surface area (TPSA) is 0 Å². The molecular formula is C29H34P2Pd-2. The van der Waals surface area contributed by atoms with Crippen molar-refractivity contribution in [2.24, 2.45) is 0 Å². The second kappa shape index (κ2) is 18.9. The molecule has 0 aliphatic carbocycles. The summed E-state index contributed by atoms with van der Waals surface area (Å²) in [5, 5.41) is 4.55. The molecule has 4 aromatic carbocycles. The van der Waals surface area contributed by atoms with Crippen LogP contribution in [0.25, 0.3) is 0 Å². The Bertz CT molecular complexity index is 834. The zero-order valence-corrected chi connectivity index (χ0v) is 22.5. The Kier molecular flexibility index (Phi) is 18.0. The quantitative estimate of drug-likeness (QED) is 0.105. The predicted octanol–water partition coefficient (Wildman–Crippen LogP) is 6.63. The molecule has 0 nitrogen and oxygen atoms in total. The van der Waals surface area contributed by atoms with Crippen molar-refractivity contribution in [2.45, 2.75) is 6.42 Å². The summed E-state index contributed by atoms with van der Waals surface area (Å²) in [6, 6.07) is 45.5. The molecule has 0 heterocycles. The minimum absolute atomic E-state index is 0. The van der Waals surface area contributed by atoms with Crippen LogP contribution in [0.3, 0.4) is 0 Å². The van der Waals surface area contributed by atoms with E-state index in [0.29, 0.717) is 0 Å². The van der Waals surface area contributed by atoms with E-state index in [0.717, 1.165) is 8.58 Å². The molecule has 4 aromatic rings. The Morgan fingerprint density at radius 2 is 1.03 bits per heavy atom. The smallest absolute Gasteiger partial charge is 0.0966 e. The summed E-state index contributed by atoms with van der Waals surface area (Å²) < 4.78 is 0. The molecule has 0 radical (unpaired) electrons. The normalized spacial score (nSPS) is 9.66. The third kappa shape index (κ3) is 11.3. The standard InChI is InChI=1S/C21H22P2.C6H5.2CH3.Pd/c1-4-11-19(12-5-1)22-17-10-18-23(20-13-6-2-7-14-20)21-15-8-3-9-16-21;1-2-4-6-5-3-1;;;/h1-9,11-16,22H,10,17-18H2;1-5H;2*1H3;/q;3*-1;/p+1. The van der Waals surface area contributed by atoms with Gasteiger partial charge in [-0.1, -0.05) is 75.3 Å². The van der Waals surface area contributed by atoms with Crippen molar-refractivity contribution < 1.29 is 20.4 Å². The van der Waals surface area contributed by atoms with Crippen molar-refractivity contribution >= 4 is 32.4 Å². The van der Waals surface area contributed by atoms with Crippen LogP contribution in [0, 0.1) is 20.9 Å². The van der Waals surface area contributed by atoms with E-state index in [1.165, 1.54) is 34.7 Å². The molecule has 0 saturated heterocycles. The molecule has 0 bridgehead atoms. The Morgan fingerprint density at radius 1 is 0.594 bits per heavy atom. The molecule has 0 aliphatic heterocycles. The van der Waals surface area contributed by atoms with Crippen molar-refractivity contribution in [1.29, 1.82) is 0 Å². The summed E-state index contributed by atoms with van der Waals surface area (Å²) in [5.41, 5.74) is 0. The molecule has 1 unspecified atom stereocenters. The molecule has 0 N–H and O–H groups in total. The SMILES string of the molecule is [CH3-].[CH3-].[Pd].[c-]1ccccc1.c1ccc(PCCC[PH+](c2ccccc2)c2ccccc2)cc1. The van der Waals surface area contributed by atoms with Crippen molar-refractivity contribution in [3.63, 3.8) is 0 Å². The van der Waals surface area contributed by atoms with Gasteiger partial charge in [-0.3, -0.25) is 0 Å². The maximum Gasteiger partial charge on any atom is 0.0966 e. The molecule has 3 heteroatoms. The van der Waals surface area contributed by atoms with Gasteiger partial charge in [0.05, 0.1) is 24.7 Å². The van der Waals surface area contributed by atoms with E-state index >= 15 is 0 Å². The van der Waals surface area contributed by atoms with Crippen LogP contribution in [-0.4, -0.2) is 12.3 Å². The average molecular weight is 551 g/mol. The van der Waals surface area contributed by atoms with E-state index in [2.05, 4.69) is 97.1 Å². The monoisotopic (exact) mass is 550 g/mol. The summed E-state index contributed by atoms with van der Waals surface area (Å²) in [5.74, 6) is 0. The van der Waals surface area contributed by atoms with Gasteiger partial charge >= 0.3 is 0 Å². The van der Waals surface area contributed by atoms with Crippen molar-refractivity contribution in [1.82, 2.24) is 0 Å². The Morgan fingerprint density at radius 3 is 1.44 bits per heavy atom. The second-order valence-corrected chi connectivity index (χ2v) is 10.7. The van der Waals surface area contributed by atoms with Crippen LogP contribution >= 0.6 is 16.5 Å². The molecule has 0 spiro atoms. The summed E-state index contributed by atoms with van der Waals surface area (Å²) in [6.45, 7) is 0. The van der Waals surface area contributed by atoms with Gasteiger partial charge in [0.25, 0.3) is 0 Å². The molecule has 0 saturated carbocycles. The predicted molar refractivity (Wildman–Crippen MR) is 147 cm³/mol. The maximum absolute atomic E-state index is 2.89. The van der Waals surface area contributed by atoms with Gasteiger partial charge < -0.3 is 14.9 Å². The number of rotatable bonds is 7. The van der Waals surface area contributed by atoms with Gasteiger partial charge in [0.1, 0.15) is 0 Å². The minimum atomic E-state index is -0.649. The summed E-state index contributed by atoms with van der Waals surface area (Å²) in [4.78, 5) is 0. The maximum atomic E-state index is 2.89. The van der Waals surface area contributed by atoms with E-state index in [4.69, 9.17) is 0 Å². The Balaban J connectivity index is 0.000000933. The van der Waals surface area contributed by atoms with E-state index in [1.807, 2.05) is 30.3 Å². The first kappa shape index (κ1) is 30.4. The molecule has 0 aromatic heterocycles. The first-order valence-electron chi connectivity index (χ1n) is 10.1. The summed E-state index contributed by atoms with van der Waals surface area (Å²) in [7, 11) is 0.286. The van der Waals surface area contributed by atoms with E-state index < -0.39 is 7.92 Å². The molecule has 0 amide bonds. The Hall–Kier alpha value is -1.60. The third-order valence-electron chi connectivity index (χ3n) is 4.56. The van der Waals surface area contributed by atoms with E-state index in [-0.39, 0.29) is 35.3 Å². The van der Waals surface area contributed by atoms with Crippen LogP contribution in [0.4, 0.5) is 0 Å².